The molecule has 2 aromatic heterocycles. The standard InChI is InChI=1S/C22H12N2O4S/c25-22-18(11-17-16-4-2-1-3-13(16)7-10-20(17)28-22)21-23-19(12-29-21)14-5-8-15(9-6-14)24(26)27/h1-12H. The Hall–Kier alpha value is -3.84. The van der Waals surface area contributed by atoms with Crippen LogP contribution in [0.2, 0.25) is 0 Å². The molecule has 0 aliphatic rings. The van der Waals surface area contributed by atoms with Gasteiger partial charge in [0.1, 0.15) is 10.6 Å². The fourth-order valence-electron chi connectivity index (χ4n) is 3.30. The fraction of sp³-hybridized carbons (Fsp3) is 0. The van der Waals surface area contributed by atoms with Gasteiger partial charge in [-0.3, -0.25) is 10.1 Å². The molecule has 0 atom stereocenters. The van der Waals surface area contributed by atoms with Crippen LogP contribution in [-0.2, 0) is 0 Å². The van der Waals surface area contributed by atoms with Crippen LogP contribution in [0.3, 0.4) is 0 Å². The number of hydrogen-bond donors (Lipinski definition) is 0. The Kier molecular flexibility index (Phi) is 3.96. The SMILES string of the molecule is O=c1oc2ccc3ccccc3c2cc1-c1nc(-c2ccc([N+](=O)[O-])cc2)cs1. The van der Waals surface area contributed by atoms with Gasteiger partial charge in [-0.2, -0.15) is 0 Å². The van der Waals surface area contributed by atoms with Gasteiger partial charge >= 0.3 is 5.63 Å². The molecule has 0 radical (unpaired) electrons. The Balaban J connectivity index is 1.62. The van der Waals surface area contributed by atoms with Crippen molar-refractivity contribution in [2.24, 2.45) is 0 Å². The summed E-state index contributed by atoms with van der Waals surface area (Å²) in [5, 5.41) is 16.1. The summed E-state index contributed by atoms with van der Waals surface area (Å²) in [6, 6.07) is 19.6. The molecule has 140 valence electrons. The van der Waals surface area contributed by atoms with E-state index in [2.05, 4.69) is 4.98 Å². The molecule has 5 rings (SSSR count). The Labute approximate surface area is 167 Å². The van der Waals surface area contributed by atoms with E-state index in [9.17, 15) is 14.9 Å². The lowest BCUT2D eigenvalue weighted by molar-refractivity contribution is -0.384. The number of aromatic nitrogens is 1. The summed E-state index contributed by atoms with van der Waals surface area (Å²) < 4.78 is 5.55. The van der Waals surface area contributed by atoms with Crippen molar-refractivity contribution in [1.82, 2.24) is 4.98 Å². The highest BCUT2D eigenvalue weighted by atomic mass is 32.1. The number of nitro groups is 1. The van der Waals surface area contributed by atoms with Crippen LogP contribution < -0.4 is 5.63 Å². The van der Waals surface area contributed by atoms with Crippen molar-refractivity contribution in [2.45, 2.75) is 0 Å². The minimum Gasteiger partial charge on any atom is -0.422 e. The Morgan fingerprint density at radius 3 is 2.55 bits per heavy atom. The highest BCUT2D eigenvalue weighted by molar-refractivity contribution is 7.13. The molecule has 0 unspecified atom stereocenters. The maximum atomic E-state index is 12.6. The lowest BCUT2D eigenvalue weighted by Crippen LogP contribution is -2.02. The molecule has 3 aromatic carbocycles. The molecule has 0 spiro atoms. The van der Waals surface area contributed by atoms with Crippen molar-refractivity contribution in [3.05, 3.63) is 92.6 Å². The first kappa shape index (κ1) is 17.3. The van der Waals surface area contributed by atoms with Gasteiger partial charge in [-0.15, -0.1) is 11.3 Å². The van der Waals surface area contributed by atoms with Crippen LogP contribution in [-0.4, -0.2) is 9.91 Å². The maximum absolute atomic E-state index is 12.6. The van der Waals surface area contributed by atoms with Crippen molar-refractivity contribution in [3.63, 3.8) is 0 Å². The second-order valence-corrected chi connectivity index (χ2v) is 7.35. The number of benzene rings is 3. The number of fused-ring (bicyclic) bond motifs is 3. The first-order valence-electron chi connectivity index (χ1n) is 8.76. The third-order valence-electron chi connectivity index (χ3n) is 4.75. The largest absolute Gasteiger partial charge is 0.422 e. The van der Waals surface area contributed by atoms with E-state index in [0.29, 0.717) is 21.8 Å². The van der Waals surface area contributed by atoms with Crippen LogP contribution in [0.25, 0.3) is 43.6 Å². The summed E-state index contributed by atoms with van der Waals surface area (Å²) in [6.07, 6.45) is 0. The minimum atomic E-state index is -0.447. The molecule has 7 heteroatoms. The van der Waals surface area contributed by atoms with Crippen molar-refractivity contribution in [3.8, 4) is 21.8 Å². The van der Waals surface area contributed by atoms with Gasteiger partial charge in [0, 0.05) is 28.5 Å². The third kappa shape index (κ3) is 2.97. The van der Waals surface area contributed by atoms with E-state index >= 15 is 0 Å². The number of non-ortho nitro benzene ring substituents is 1. The average Bonchev–Trinajstić information content (AvgIpc) is 3.23. The molecule has 0 aliphatic heterocycles. The lowest BCUT2D eigenvalue weighted by atomic mass is 10.0. The maximum Gasteiger partial charge on any atom is 0.346 e. The zero-order valence-corrected chi connectivity index (χ0v) is 15.7. The summed E-state index contributed by atoms with van der Waals surface area (Å²) in [7, 11) is 0. The summed E-state index contributed by atoms with van der Waals surface area (Å²) in [5.74, 6) is 0. The summed E-state index contributed by atoms with van der Waals surface area (Å²) in [4.78, 5) is 27.5. The topological polar surface area (TPSA) is 86.2 Å². The number of nitrogens with zero attached hydrogens (tertiary/aromatic N) is 2. The molecule has 6 nitrogen and oxygen atoms in total. The highest BCUT2D eigenvalue weighted by Crippen LogP contribution is 2.31. The zero-order chi connectivity index (χ0) is 20.0. The van der Waals surface area contributed by atoms with Crippen LogP contribution in [0.5, 0.6) is 0 Å². The van der Waals surface area contributed by atoms with Gasteiger partial charge in [0.05, 0.1) is 16.2 Å². The van der Waals surface area contributed by atoms with Gasteiger partial charge in [-0.25, -0.2) is 9.78 Å². The van der Waals surface area contributed by atoms with E-state index < -0.39 is 10.5 Å². The molecular weight excluding hydrogens is 388 g/mol. The quantitative estimate of drug-likeness (QED) is 0.169. The van der Waals surface area contributed by atoms with Crippen LogP contribution in [0, 0.1) is 10.1 Å². The number of hydrogen-bond acceptors (Lipinski definition) is 6. The van der Waals surface area contributed by atoms with Gasteiger partial charge in [0.25, 0.3) is 5.69 Å². The van der Waals surface area contributed by atoms with E-state index in [-0.39, 0.29) is 5.69 Å². The molecule has 5 aromatic rings. The van der Waals surface area contributed by atoms with E-state index in [1.54, 1.807) is 18.2 Å². The minimum absolute atomic E-state index is 0.0197. The van der Waals surface area contributed by atoms with Gasteiger partial charge in [-0.05, 0) is 35.0 Å². The third-order valence-corrected chi connectivity index (χ3v) is 5.63. The second-order valence-electron chi connectivity index (χ2n) is 6.49. The Morgan fingerprint density at radius 2 is 1.76 bits per heavy atom. The first-order valence-corrected chi connectivity index (χ1v) is 9.64. The van der Waals surface area contributed by atoms with Gasteiger partial charge < -0.3 is 4.42 Å². The Morgan fingerprint density at radius 1 is 0.966 bits per heavy atom. The molecule has 0 aliphatic carbocycles. The second kappa shape index (κ2) is 6.65. The molecule has 0 amide bonds. The molecule has 2 heterocycles. The summed E-state index contributed by atoms with van der Waals surface area (Å²) in [6.45, 7) is 0. The number of thiazole rings is 1. The van der Waals surface area contributed by atoms with Gasteiger partial charge in [-0.1, -0.05) is 30.3 Å². The highest BCUT2D eigenvalue weighted by Gasteiger charge is 2.15. The predicted molar refractivity (Wildman–Crippen MR) is 113 cm³/mol. The molecule has 0 saturated heterocycles. The molecule has 0 bridgehead atoms. The van der Waals surface area contributed by atoms with E-state index in [0.717, 1.165) is 21.7 Å². The van der Waals surface area contributed by atoms with E-state index in [1.807, 2.05) is 41.8 Å². The van der Waals surface area contributed by atoms with Crippen molar-refractivity contribution in [2.75, 3.05) is 0 Å². The molecule has 29 heavy (non-hydrogen) atoms. The molecular formula is C22H12N2O4S. The first-order chi connectivity index (χ1) is 14.1. The number of nitro benzene ring substituents is 1. The molecule has 0 fully saturated rings. The zero-order valence-electron chi connectivity index (χ0n) is 14.9. The van der Waals surface area contributed by atoms with Crippen LogP contribution in [0.1, 0.15) is 0 Å². The van der Waals surface area contributed by atoms with Gasteiger partial charge in [0.2, 0.25) is 0 Å². The van der Waals surface area contributed by atoms with Crippen molar-refractivity contribution >= 4 is 38.8 Å². The average molecular weight is 400 g/mol. The van der Waals surface area contributed by atoms with Crippen LogP contribution >= 0.6 is 11.3 Å². The smallest absolute Gasteiger partial charge is 0.346 e. The lowest BCUT2D eigenvalue weighted by Gasteiger charge is -2.04. The summed E-state index contributed by atoms with van der Waals surface area (Å²) >= 11 is 1.33. The fourth-order valence-corrected chi connectivity index (χ4v) is 4.14. The van der Waals surface area contributed by atoms with Crippen LogP contribution in [0.4, 0.5) is 5.69 Å². The van der Waals surface area contributed by atoms with E-state index in [4.69, 9.17) is 4.42 Å². The predicted octanol–water partition coefficient (Wildman–Crippen LogP) is 5.64. The normalized spacial score (nSPS) is 11.2. The number of rotatable bonds is 3. The molecule has 0 saturated carbocycles. The Bertz CT molecular complexity index is 1450. The van der Waals surface area contributed by atoms with Crippen molar-refractivity contribution in [1.29, 1.82) is 0 Å². The van der Waals surface area contributed by atoms with Crippen molar-refractivity contribution < 1.29 is 9.34 Å². The van der Waals surface area contributed by atoms with Gasteiger partial charge in [0.15, 0.2) is 0 Å². The molecule has 0 N–H and O–H groups in total. The van der Waals surface area contributed by atoms with Crippen LogP contribution in [0.15, 0.2) is 81.3 Å². The summed E-state index contributed by atoms with van der Waals surface area (Å²) in [5.41, 5.74) is 1.89. The van der Waals surface area contributed by atoms with E-state index in [1.165, 1.54) is 23.5 Å². The monoisotopic (exact) mass is 400 g/mol.